The Morgan fingerprint density at radius 1 is 1.33 bits per heavy atom. The second kappa shape index (κ2) is 9.43. The minimum atomic E-state index is -3.52. The van der Waals surface area contributed by atoms with Gasteiger partial charge in [-0.05, 0) is 18.6 Å². The van der Waals surface area contributed by atoms with Gasteiger partial charge in [-0.25, -0.2) is 13.2 Å². The van der Waals surface area contributed by atoms with Crippen molar-refractivity contribution >= 4 is 33.6 Å². The number of anilines is 1. The third kappa shape index (κ3) is 5.76. The van der Waals surface area contributed by atoms with E-state index < -0.39 is 27.5 Å². The van der Waals surface area contributed by atoms with Gasteiger partial charge in [-0.2, -0.15) is 0 Å². The van der Waals surface area contributed by atoms with Crippen LogP contribution in [0.3, 0.4) is 0 Å². The molecule has 1 fully saturated rings. The maximum Gasteiger partial charge on any atom is 0.323 e. The number of carbonyl (C=O) groups excluding carboxylic acids is 3. The van der Waals surface area contributed by atoms with Gasteiger partial charge in [-0.3, -0.25) is 24.6 Å². The molecule has 3 N–H and O–H groups in total. The van der Waals surface area contributed by atoms with E-state index in [-0.39, 0.29) is 24.7 Å². The quantitative estimate of drug-likeness (QED) is 0.365. The van der Waals surface area contributed by atoms with Gasteiger partial charge in [-0.15, -0.1) is 0 Å². The van der Waals surface area contributed by atoms with Gasteiger partial charge >= 0.3 is 6.03 Å². The highest BCUT2D eigenvalue weighted by Gasteiger charge is 2.48. The molecule has 0 aliphatic carbocycles. The first-order valence-corrected chi connectivity index (χ1v) is 11.7. The Labute approximate surface area is 191 Å². The summed E-state index contributed by atoms with van der Waals surface area (Å²) < 4.78 is 30.2. The molecule has 0 saturated carbocycles. The molecule has 3 rings (SSSR count). The van der Waals surface area contributed by atoms with Crippen LogP contribution in [-0.4, -0.2) is 74.7 Å². The lowest BCUT2D eigenvalue weighted by Crippen LogP contribution is -2.55. The van der Waals surface area contributed by atoms with Crippen molar-refractivity contribution in [2.45, 2.75) is 12.5 Å². The zero-order valence-corrected chi connectivity index (χ0v) is 19.1. The third-order valence-corrected chi connectivity index (χ3v) is 5.47. The Balaban J connectivity index is 1.87. The maximum atomic E-state index is 12.8. The molecule has 11 nitrogen and oxygen atoms in total. The molecule has 1 aromatic heterocycles. The molecule has 2 aliphatic heterocycles. The number of hydrogen-bond acceptors (Lipinski definition) is 7. The fourth-order valence-electron chi connectivity index (χ4n) is 3.34. The van der Waals surface area contributed by atoms with Crippen LogP contribution in [0.5, 0.6) is 0 Å². The highest BCUT2D eigenvalue weighted by Crippen LogP contribution is 2.23. The Kier molecular flexibility index (Phi) is 6.85. The number of methoxy groups -OCH3 is 1. The van der Waals surface area contributed by atoms with Crippen LogP contribution in [0.1, 0.15) is 12.5 Å². The zero-order chi connectivity index (χ0) is 24.2. The molecule has 33 heavy (non-hydrogen) atoms. The van der Waals surface area contributed by atoms with E-state index in [1.807, 2.05) is 0 Å². The molecule has 0 aromatic carbocycles. The van der Waals surface area contributed by atoms with E-state index in [1.54, 1.807) is 26.2 Å². The minimum absolute atomic E-state index is 0.177. The van der Waals surface area contributed by atoms with Crippen molar-refractivity contribution in [3.63, 3.8) is 0 Å². The van der Waals surface area contributed by atoms with Crippen molar-refractivity contribution in [3.8, 4) is 11.8 Å². The number of urea groups is 1. The molecule has 0 bridgehead atoms. The summed E-state index contributed by atoms with van der Waals surface area (Å²) >= 11 is 0. The highest BCUT2D eigenvalue weighted by atomic mass is 32.2. The fourth-order valence-corrected chi connectivity index (χ4v) is 3.88. The molecule has 2 aliphatic rings. The van der Waals surface area contributed by atoms with E-state index in [9.17, 15) is 22.8 Å². The number of imide groups is 1. The van der Waals surface area contributed by atoms with E-state index in [1.165, 1.54) is 23.4 Å². The predicted octanol–water partition coefficient (Wildman–Crippen LogP) is -0.256. The second-order valence-corrected chi connectivity index (χ2v) is 9.32. The normalized spacial score (nSPS) is 20.7. The lowest BCUT2D eigenvalue weighted by atomic mass is 9.99. The number of nitrogens with one attached hydrogen (secondary N) is 3. The number of rotatable bonds is 7. The van der Waals surface area contributed by atoms with E-state index in [0.717, 1.165) is 11.8 Å². The molecule has 0 spiro atoms. The first-order chi connectivity index (χ1) is 15.5. The van der Waals surface area contributed by atoms with Crippen molar-refractivity contribution in [2.24, 2.45) is 0 Å². The summed E-state index contributed by atoms with van der Waals surface area (Å²) in [4.78, 5) is 42.7. The van der Waals surface area contributed by atoms with Crippen molar-refractivity contribution in [1.82, 2.24) is 20.5 Å². The molecular formula is C21H23N5O6S. The molecule has 12 heteroatoms. The number of aromatic nitrogens is 1. The Morgan fingerprint density at radius 3 is 2.73 bits per heavy atom. The van der Waals surface area contributed by atoms with Crippen molar-refractivity contribution in [1.29, 1.82) is 0 Å². The van der Waals surface area contributed by atoms with E-state index in [4.69, 9.17) is 4.74 Å². The van der Waals surface area contributed by atoms with Crippen LogP contribution < -0.4 is 15.4 Å². The van der Waals surface area contributed by atoms with Crippen LogP contribution in [0.25, 0.3) is 0 Å². The first-order valence-electron chi connectivity index (χ1n) is 9.77. The summed E-state index contributed by atoms with van der Waals surface area (Å²) in [5, 5.41) is 4.67. The van der Waals surface area contributed by atoms with Crippen molar-refractivity contribution in [2.75, 3.05) is 37.8 Å². The van der Waals surface area contributed by atoms with Gasteiger partial charge in [0.15, 0.2) is 0 Å². The predicted molar refractivity (Wildman–Crippen MR) is 119 cm³/mol. The molecule has 174 valence electrons. The Morgan fingerprint density at radius 2 is 2.09 bits per heavy atom. The van der Waals surface area contributed by atoms with Gasteiger partial charge in [0.1, 0.15) is 0 Å². The lowest BCUT2D eigenvalue weighted by molar-refractivity contribution is -0.128. The molecule has 0 radical (unpaired) electrons. The largest absolute Gasteiger partial charge is 0.381 e. The summed E-state index contributed by atoms with van der Waals surface area (Å²) in [5.74, 6) is 4.54. The maximum absolute atomic E-state index is 12.8. The van der Waals surface area contributed by atoms with Gasteiger partial charge < -0.3 is 15.0 Å². The zero-order valence-electron chi connectivity index (χ0n) is 18.3. The van der Waals surface area contributed by atoms with Crippen LogP contribution in [-0.2, 0) is 24.3 Å². The number of ether oxygens (including phenoxy) is 1. The molecule has 0 unspecified atom stereocenters. The lowest BCUT2D eigenvalue weighted by Gasteiger charge is -2.26. The standard InChI is InChI=1S/C21H23N5O6S/c1-14-16(5-4-8-32-2)12-26(18(14)27)13-21(19(28)23-20(29)24-21)7-6-15-9-17(11-22-10-15)25-33(3,30)31/h4-5,9-11,25H,8,12-13H2,1-3H3,(H2,23,24,28,29)/b5-4-/t21-/m1/s1. The smallest absolute Gasteiger partial charge is 0.323 e. The minimum Gasteiger partial charge on any atom is -0.381 e. The SMILES string of the molecule is COC/C=C\C1=C(C)C(=O)N(C[C@@]2(C#Cc3cncc(NS(C)(=O)=O)c3)NC(=O)NC2=O)C1. The summed E-state index contributed by atoms with van der Waals surface area (Å²) in [7, 11) is -1.96. The van der Waals surface area contributed by atoms with Gasteiger partial charge in [0.05, 0.1) is 31.3 Å². The van der Waals surface area contributed by atoms with Crippen molar-refractivity contribution < 1.29 is 27.5 Å². The monoisotopic (exact) mass is 473 g/mol. The average molecular weight is 474 g/mol. The molecule has 1 atom stereocenters. The molecule has 1 saturated heterocycles. The van der Waals surface area contributed by atoms with Gasteiger partial charge in [-0.1, -0.05) is 24.0 Å². The molecule has 4 amide bonds. The van der Waals surface area contributed by atoms with Crippen LogP contribution in [0.4, 0.5) is 10.5 Å². The van der Waals surface area contributed by atoms with Gasteiger partial charge in [0, 0.05) is 31.0 Å². The Bertz CT molecular complexity index is 1230. The Hall–Kier alpha value is -3.69. The number of amides is 4. The van der Waals surface area contributed by atoms with Gasteiger partial charge in [0.25, 0.3) is 5.91 Å². The van der Waals surface area contributed by atoms with Crippen LogP contribution >= 0.6 is 0 Å². The second-order valence-electron chi connectivity index (χ2n) is 7.57. The average Bonchev–Trinajstić information content (AvgIpc) is 3.15. The number of sulfonamides is 1. The molecular weight excluding hydrogens is 450 g/mol. The van der Waals surface area contributed by atoms with E-state index >= 15 is 0 Å². The van der Waals surface area contributed by atoms with E-state index in [0.29, 0.717) is 17.7 Å². The van der Waals surface area contributed by atoms with Crippen LogP contribution in [0, 0.1) is 11.8 Å². The molecule has 1 aromatic rings. The highest BCUT2D eigenvalue weighted by molar-refractivity contribution is 7.92. The third-order valence-electron chi connectivity index (χ3n) is 4.86. The van der Waals surface area contributed by atoms with Crippen LogP contribution in [0.2, 0.25) is 0 Å². The van der Waals surface area contributed by atoms with E-state index in [2.05, 4.69) is 32.2 Å². The number of carbonyl (C=O) groups is 3. The van der Waals surface area contributed by atoms with Crippen molar-refractivity contribution in [3.05, 3.63) is 47.3 Å². The fraction of sp³-hybridized carbons (Fsp3) is 0.333. The molecule has 3 heterocycles. The topological polar surface area (TPSA) is 147 Å². The summed E-state index contributed by atoms with van der Waals surface area (Å²) in [6.45, 7) is 2.14. The van der Waals surface area contributed by atoms with Gasteiger partial charge in [0.2, 0.25) is 21.5 Å². The van der Waals surface area contributed by atoms with Crippen LogP contribution in [0.15, 0.2) is 41.8 Å². The number of pyridine rings is 1. The summed E-state index contributed by atoms with van der Waals surface area (Å²) in [5.41, 5.74) is 0.119. The first kappa shape index (κ1) is 24.0. The summed E-state index contributed by atoms with van der Waals surface area (Å²) in [6, 6.07) is 0.714. The number of nitrogens with zero attached hydrogens (tertiary/aromatic N) is 2. The summed E-state index contributed by atoms with van der Waals surface area (Å²) in [6.07, 6.45) is 7.25. The number of hydrogen-bond donors (Lipinski definition) is 3.